The van der Waals surface area contributed by atoms with Gasteiger partial charge in [-0.15, -0.1) is 11.6 Å². The van der Waals surface area contributed by atoms with Crippen LogP contribution in [0.15, 0.2) is 52.8 Å². The highest BCUT2D eigenvalue weighted by Gasteiger charge is 2.43. The average Bonchev–Trinajstić information content (AvgIpc) is 3.55. The third-order valence-corrected chi connectivity index (χ3v) is 8.20. The van der Waals surface area contributed by atoms with Gasteiger partial charge in [-0.05, 0) is 45.4 Å². The number of unbranched alkanes of at least 4 members (excludes halogenated alkanes) is 4. The van der Waals surface area contributed by atoms with Crippen LogP contribution in [0.2, 0.25) is 0 Å². The number of carboxylic acid groups (broad SMARTS) is 1. The molecule has 0 radical (unpaired) electrons. The standard InChI is InChI=1S/C30H40ClN3O6/c1-3-39-25-17-24(21-12-10-14-30(2,31)27(21)33-25)40-20-16-23(28(32)36)34(18-20)26(35)13-9-7-5-4-6-8-11-19-15-22(19)29(37)38/h8,10-12,14,17,19-20,22-23,27H,3-7,9,13,15-16,18H2,1-2H3,(H2,32,36)(H,37,38)/b11-8-/t19-,20-,22+,23+,27?,30?/m1/s1. The van der Waals surface area contributed by atoms with Gasteiger partial charge in [-0.2, -0.15) is 0 Å². The Morgan fingerprint density at radius 2 is 2.02 bits per heavy atom. The van der Waals surface area contributed by atoms with E-state index < -0.39 is 28.9 Å². The van der Waals surface area contributed by atoms with Crippen LogP contribution in [0.4, 0.5) is 0 Å². The van der Waals surface area contributed by atoms with E-state index >= 15 is 0 Å². The second kappa shape index (κ2) is 13.1. The number of hydrogen-bond acceptors (Lipinski definition) is 6. The van der Waals surface area contributed by atoms with Crippen LogP contribution in [0.3, 0.4) is 0 Å². The fourth-order valence-electron chi connectivity index (χ4n) is 5.55. The van der Waals surface area contributed by atoms with E-state index in [1.165, 1.54) is 0 Å². The number of carbonyl (C=O) groups excluding carboxylic acids is 2. The van der Waals surface area contributed by atoms with Crippen LogP contribution in [0, 0.1) is 11.8 Å². The summed E-state index contributed by atoms with van der Waals surface area (Å²) in [6.07, 6.45) is 17.1. The molecule has 2 aliphatic heterocycles. The van der Waals surface area contributed by atoms with Gasteiger partial charge in [0.05, 0.1) is 23.9 Å². The molecule has 0 bridgehead atoms. The number of nitrogens with zero attached hydrogens (tertiary/aromatic N) is 2. The van der Waals surface area contributed by atoms with Crippen molar-refractivity contribution in [3.05, 3.63) is 47.8 Å². The number of carboxylic acids is 1. The number of primary amides is 1. The van der Waals surface area contributed by atoms with E-state index in [0.29, 0.717) is 31.1 Å². The minimum Gasteiger partial charge on any atom is -0.488 e. The van der Waals surface area contributed by atoms with Gasteiger partial charge in [0.15, 0.2) is 0 Å². The fourth-order valence-corrected chi connectivity index (χ4v) is 5.79. The number of hydrogen-bond donors (Lipinski definition) is 2. The lowest BCUT2D eigenvalue weighted by atomic mass is 9.87. The molecular weight excluding hydrogens is 534 g/mol. The number of allylic oxidation sites excluding steroid dienone is 4. The summed E-state index contributed by atoms with van der Waals surface area (Å²) < 4.78 is 12.0. The van der Waals surface area contributed by atoms with Gasteiger partial charge in [-0.1, -0.05) is 43.2 Å². The largest absolute Gasteiger partial charge is 0.488 e. The number of alkyl halides is 1. The first-order valence-corrected chi connectivity index (χ1v) is 14.6. The van der Waals surface area contributed by atoms with Crippen molar-refractivity contribution in [2.45, 2.75) is 88.3 Å². The minimum absolute atomic E-state index is 0.0940. The van der Waals surface area contributed by atoms with Crippen molar-refractivity contribution in [2.24, 2.45) is 22.6 Å². The van der Waals surface area contributed by atoms with Crippen LogP contribution in [-0.4, -0.2) is 69.9 Å². The molecule has 4 rings (SSSR count). The highest BCUT2D eigenvalue weighted by atomic mass is 35.5. The molecule has 2 heterocycles. The smallest absolute Gasteiger partial charge is 0.307 e. The second-order valence-corrected chi connectivity index (χ2v) is 11.9. The van der Waals surface area contributed by atoms with Crippen LogP contribution in [0.25, 0.3) is 0 Å². The third-order valence-electron chi connectivity index (χ3n) is 7.87. The van der Waals surface area contributed by atoms with E-state index in [1.807, 2.05) is 38.2 Å². The number of rotatable bonds is 13. The summed E-state index contributed by atoms with van der Waals surface area (Å²) in [5.41, 5.74) is 6.51. The molecule has 4 aliphatic rings. The third kappa shape index (κ3) is 7.36. The molecule has 2 unspecified atom stereocenters. The van der Waals surface area contributed by atoms with Crippen molar-refractivity contribution < 1.29 is 29.0 Å². The molecule has 1 saturated heterocycles. The molecule has 0 aromatic heterocycles. The lowest BCUT2D eigenvalue weighted by Crippen LogP contribution is -2.43. The number of carbonyl (C=O) groups is 3. The zero-order valence-electron chi connectivity index (χ0n) is 23.3. The Morgan fingerprint density at radius 1 is 1.25 bits per heavy atom. The molecule has 2 fully saturated rings. The number of nitrogens with two attached hydrogens (primary N) is 1. The number of halogens is 1. The van der Waals surface area contributed by atoms with Crippen LogP contribution < -0.4 is 5.73 Å². The average molecular weight is 574 g/mol. The van der Waals surface area contributed by atoms with E-state index in [1.54, 1.807) is 11.0 Å². The van der Waals surface area contributed by atoms with E-state index in [2.05, 4.69) is 11.1 Å². The quantitative estimate of drug-likeness (QED) is 0.192. The predicted molar refractivity (Wildman–Crippen MR) is 153 cm³/mol. The Hall–Kier alpha value is -3.07. The van der Waals surface area contributed by atoms with Crippen molar-refractivity contribution in [3.8, 4) is 0 Å². The Kier molecular flexibility index (Phi) is 9.77. The molecule has 10 heteroatoms. The van der Waals surface area contributed by atoms with Gasteiger partial charge in [0.2, 0.25) is 17.7 Å². The van der Waals surface area contributed by atoms with Gasteiger partial charge in [-0.3, -0.25) is 14.4 Å². The summed E-state index contributed by atoms with van der Waals surface area (Å²) in [5.74, 6) is -0.341. The first kappa shape index (κ1) is 29.9. The highest BCUT2D eigenvalue weighted by molar-refractivity contribution is 6.26. The van der Waals surface area contributed by atoms with Crippen LogP contribution >= 0.6 is 11.6 Å². The van der Waals surface area contributed by atoms with E-state index in [0.717, 1.165) is 44.1 Å². The molecular formula is C30H40ClN3O6. The maximum absolute atomic E-state index is 13.1. The number of aliphatic carboxylic acids is 1. The van der Waals surface area contributed by atoms with Crippen LogP contribution in [-0.2, 0) is 23.9 Å². The van der Waals surface area contributed by atoms with E-state index in [4.69, 9.17) is 31.9 Å². The van der Waals surface area contributed by atoms with Crippen molar-refractivity contribution in [1.29, 1.82) is 0 Å². The lowest BCUT2D eigenvalue weighted by molar-refractivity contribution is -0.138. The zero-order valence-corrected chi connectivity index (χ0v) is 24.0. The van der Waals surface area contributed by atoms with Crippen molar-refractivity contribution in [2.75, 3.05) is 13.2 Å². The van der Waals surface area contributed by atoms with Gasteiger partial charge in [-0.25, -0.2) is 4.99 Å². The van der Waals surface area contributed by atoms with E-state index in [-0.39, 0.29) is 30.3 Å². The summed E-state index contributed by atoms with van der Waals surface area (Å²) >= 11 is 6.74. The summed E-state index contributed by atoms with van der Waals surface area (Å²) in [5, 5.41) is 8.95. The molecule has 2 aliphatic carbocycles. The van der Waals surface area contributed by atoms with Gasteiger partial charge in [0, 0.05) is 24.5 Å². The molecule has 40 heavy (non-hydrogen) atoms. The Bertz CT molecular complexity index is 1140. The summed E-state index contributed by atoms with van der Waals surface area (Å²) in [6, 6.07) is -1.09. The number of fused-ring (bicyclic) bond motifs is 1. The van der Waals surface area contributed by atoms with Crippen LogP contribution in [0.1, 0.15) is 65.2 Å². The number of aliphatic imine (C=N–C) groups is 1. The number of amides is 2. The van der Waals surface area contributed by atoms with E-state index in [9.17, 15) is 14.4 Å². The minimum atomic E-state index is -0.736. The van der Waals surface area contributed by atoms with Gasteiger partial charge in [0.25, 0.3) is 0 Å². The predicted octanol–water partition coefficient (Wildman–Crippen LogP) is 4.27. The molecule has 1 saturated carbocycles. The second-order valence-electron chi connectivity index (χ2n) is 11.1. The molecule has 218 valence electrons. The molecule has 6 atom stereocenters. The summed E-state index contributed by atoms with van der Waals surface area (Å²) in [4.78, 5) is 41.7. The first-order valence-electron chi connectivity index (χ1n) is 14.3. The van der Waals surface area contributed by atoms with Gasteiger partial charge < -0.3 is 25.2 Å². The van der Waals surface area contributed by atoms with Crippen molar-refractivity contribution in [1.82, 2.24) is 4.90 Å². The lowest BCUT2D eigenvalue weighted by Gasteiger charge is -2.35. The van der Waals surface area contributed by atoms with Gasteiger partial charge >= 0.3 is 5.97 Å². The SMILES string of the molecule is CCOC1=NC2C(=CC=CC2(C)Cl)C(O[C@@H]2C[C@@H](C(N)=O)N(C(=O)CCCCCC/C=C\[C@@H]3C[C@@H]3C(=O)O)C2)=C1. The topological polar surface area (TPSA) is 132 Å². The molecule has 2 amide bonds. The fraction of sp³-hybridized carbons (Fsp3) is 0.600. The Morgan fingerprint density at radius 3 is 2.73 bits per heavy atom. The zero-order chi connectivity index (χ0) is 28.9. The summed E-state index contributed by atoms with van der Waals surface area (Å²) in [6.45, 7) is 4.49. The van der Waals surface area contributed by atoms with Crippen molar-refractivity contribution >= 4 is 35.3 Å². The molecule has 0 spiro atoms. The van der Waals surface area contributed by atoms with Gasteiger partial charge in [0.1, 0.15) is 23.9 Å². The number of dihydropyridines is 1. The maximum atomic E-state index is 13.1. The molecule has 3 N–H and O–H groups in total. The summed E-state index contributed by atoms with van der Waals surface area (Å²) in [7, 11) is 0. The number of ether oxygens (including phenoxy) is 2. The molecule has 9 nitrogen and oxygen atoms in total. The highest BCUT2D eigenvalue weighted by Crippen LogP contribution is 2.40. The molecule has 0 aromatic rings. The monoisotopic (exact) mass is 573 g/mol. The normalized spacial score (nSPS) is 30.8. The van der Waals surface area contributed by atoms with Crippen LogP contribution in [0.5, 0.6) is 0 Å². The Balaban J connectivity index is 1.26. The Labute approximate surface area is 240 Å². The van der Waals surface area contributed by atoms with Crippen molar-refractivity contribution in [3.63, 3.8) is 0 Å². The first-order chi connectivity index (χ1) is 19.1. The molecule has 0 aromatic carbocycles. The number of likely N-dealkylation sites (tertiary alicyclic amines) is 1. The maximum Gasteiger partial charge on any atom is 0.307 e.